The first-order valence-corrected chi connectivity index (χ1v) is 20.6. The van der Waals surface area contributed by atoms with E-state index in [2.05, 4.69) is 14.7 Å². The van der Waals surface area contributed by atoms with E-state index in [4.69, 9.17) is 46.9 Å². The molecule has 0 aliphatic heterocycles. The van der Waals surface area contributed by atoms with Crippen molar-refractivity contribution in [2.75, 3.05) is 20.3 Å². The molecule has 0 spiro atoms. The van der Waals surface area contributed by atoms with Gasteiger partial charge in [0.2, 0.25) is 0 Å². The van der Waals surface area contributed by atoms with Crippen LogP contribution in [0, 0.1) is 25.5 Å². The Morgan fingerprint density at radius 3 is 1.52 bits per heavy atom. The van der Waals surface area contributed by atoms with Crippen molar-refractivity contribution in [3.05, 3.63) is 148 Å². The molecule has 22 heteroatoms. The maximum absolute atomic E-state index is 14.8. The highest BCUT2D eigenvalue weighted by Gasteiger charge is 2.23. The molecule has 4 heterocycles. The van der Waals surface area contributed by atoms with Crippen LogP contribution >= 0.6 is 23.2 Å². The Morgan fingerprint density at radius 1 is 0.667 bits per heavy atom. The van der Waals surface area contributed by atoms with Crippen LogP contribution in [0.15, 0.2) is 92.2 Å². The number of carbonyl (C=O) groups is 2. The van der Waals surface area contributed by atoms with Crippen LogP contribution < -0.4 is 41.4 Å². The Morgan fingerprint density at radius 2 is 1.09 bits per heavy atom. The van der Waals surface area contributed by atoms with E-state index in [0.29, 0.717) is 20.5 Å². The lowest BCUT2D eigenvalue weighted by molar-refractivity contribution is -0.151. The first-order valence-electron chi connectivity index (χ1n) is 19.8. The average molecular weight is 954 g/mol. The molecule has 1 fully saturated rings. The number of carbonyl (C=O) groups excluding carboxylic acids is 2. The highest BCUT2D eigenvalue weighted by atomic mass is 35.5. The van der Waals surface area contributed by atoms with E-state index in [9.17, 15) is 37.5 Å². The lowest BCUT2D eigenvalue weighted by Crippen LogP contribution is -2.38. The summed E-state index contributed by atoms with van der Waals surface area (Å²) in [6.45, 7) is 2.38. The monoisotopic (exact) mass is 952 g/mol. The van der Waals surface area contributed by atoms with Crippen LogP contribution in [0.4, 0.5) is 8.78 Å². The van der Waals surface area contributed by atoms with Gasteiger partial charge in [-0.3, -0.25) is 9.59 Å². The number of benzene rings is 2. The van der Waals surface area contributed by atoms with Crippen LogP contribution in [-0.4, -0.2) is 66.6 Å². The van der Waals surface area contributed by atoms with E-state index in [1.165, 1.54) is 67.0 Å². The molecule has 66 heavy (non-hydrogen) atoms. The second-order valence-electron chi connectivity index (χ2n) is 14.4. The number of halogens is 4. The van der Waals surface area contributed by atoms with Crippen molar-refractivity contribution in [3.8, 4) is 46.1 Å². The molecule has 0 unspecified atom stereocenters. The second-order valence-corrected chi connectivity index (χ2v) is 15.3. The van der Waals surface area contributed by atoms with Crippen LogP contribution in [0.25, 0.3) is 11.4 Å². The number of esters is 2. The van der Waals surface area contributed by atoms with Gasteiger partial charge in [-0.15, -0.1) is 0 Å². The molecule has 0 radical (unpaired) electrons. The number of hydrogen-bond donors (Lipinski definition) is 0. The van der Waals surface area contributed by atoms with E-state index < -0.39 is 52.7 Å². The summed E-state index contributed by atoms with van der Waals surface area (Å²) in [5.74, 6) is -2.96. The summed E-state index contributed by atoms with van der Waals surface area (Å²) < 4.78 is 65.3. The van der Waals surface area contributed by atoms with Gasteiger partial charge in [-0.2, -0.15) is 0 Å². The molecule has 1 aliphatic carbocycles. The van der Waals surface area contributed by atoms with Crippen molar-refractivity contribution >= 4 is 35.1 Å². The molecule has 0 bridgehead atoms. The average Bonchev–Trinajstić information content (AvgIpc) is 3.80. The number of hydrogen-bond acceptors (Lipinski definition) is 14. The van der Waals surface area contributed by atoms with Gasteiger partial charge in [0.1, 0.15) is 29.2 Å². The zero-order valence-corrected chi connectivity index (χ0v) is 37.4. The van der Waals surface area contributed by atoms with Gasteiger partial charge in [0.05, 0.1) is 28.5 Å². The molecule has 6 aromatic rings. The van der Waals surface area contributed by atoms with Gasteiger partial charge in [0.15, 0.2) is 24.7 Å². The number of ether oxygens (including phenoxy) is 6. The molecule has 0 N–H and O–H groups in total. The third-order valence-corrected chi connectivity index (χ3v) is 10.6. The van der Waals surface area contributed by atoms with Crippen molar-refractivity contribution < 1.29 is 46.8 Å². The van der Waals surface area contributed by atoms with Gasteiger partial charge in [-0.05, 0) is 75.9 Å². The fourth-order valence-corrected chi connectivity index (χ4v) is 6.73. The van der Waals surface area contributed by atoms with Crippen molar-refractivity contribution in [2.24, 2.45) is 14.1 Å². The largest absolute Gasteiger partial charge is 0.466 e. The lowest BCUT2D eigenvalue weighted by Gasteiger charge is -2.15. The summed E-state index contributed by atoms with van der Waals surface area (Å²) in [6.07, 6.45) is 6.48. The molecule has 1 aliphatic rings. The molecular weight excluding hydrogens is 913 g/mol. The van der Waals surface area contributed by atoms with Crippen LogP contribution in [0.3, 0.4) is 0 Å². The van der Waals surface area contributed by atoms with Crippen LogP contribution in [0.5, 0.6) is 34.8 Å². The van der Waals surface area contributed by atoms with Crippen LogP contribution in [0.2, 0.25) is 10.0 Å². The summed E-state index contributed by atoms with van der Waals surface area (Å²) >= 11 is 12.3. The minimum absolute atomic E-state index is 0.0127. The van der Waals surface area contributed by atoms with Crippen molar-refractivity contribution in [1.82, 2.24) is 28.2 Å². The molecule has 346 valence electrons. The molecular formula is C44H40Cl2F2N6O12. The van der Waals surface area contributed by atoms with Crippen LogP contribution in [-0.2, 0) is 33.2 Å². The van der Waals surface area contributed by atoms with Gasteiger partial charge in [0, 0.05) is 62.1 Å². The van der Waals surface area contributed by atoms with E-state index in [0.717, 1.165) is 49.9 Å². The molecule has 0 amide bonds. The number of methoxy groups -OCH3 is 1. The van der Waals surface area contributed by atoms with Crippen molar-refractivity contribution in [1.29, 1.82) is 0 Å². The number of rotatable bonds is 13. The van der Waals surface area contributed by atoms with Gasteiger partial charge in [0.25, 0.3) is 22.9 Å². The number of nitrogens with zero attached hydrogens (tertiary/aromatic N) is 6. The zero-order valence-electron chi connectivity index (χ0n) is 35.8. The fourth-order valence-electron chi connectivity index (χ4n) is 6.35. The summed E-state index contributed by atoms with van der Waals surface area (Å²) in [5.41, 5.74) is -2.72. The Labute approximate surface area is 383 Å². The van der Waals surface area contributed by atoms with E-state index in [1.807, 2.05) is 0 Å². The standard InChI is InChI=1S/C24H23ClFN3O6.C20H17ClFN3O6/c1-14-10-21(30)29(24(32)28(14)2)18-12-20(16(25)11-17(18)26)35-19-8-5-9-27-23(19)33-13-22(31)34-15-6-3-4-7-15;1-11-7-17(26)25(20(28)24(11)2)14-9-16(12(21)8-13(14)22)31-15-5-4-6-23-19(15)30-10-18(27)29-3/h5,8-12,15H,3-4,6-7,13H2,1-2H3;4-9H,10H2,1-3H3. The summed E-state index contributed by atoms with van der Waals surface area (Å²) in [4.78, 5) is 81.6. The summed E-state index contributed by atoms with van der Waals surface area (Å²) in [6, 6.07) is 12.6. The Hall–Kier alpha value is -7.32. The van der Waals surface area contributed by atoms with E-state index >= 15 is 0 Å². The summed E-state index contributed by atoms with van der Waals surface area (Å²) in [7, 11) is 4.13. The Kier molecular flexibility index (Phi) is 15.4. The summed E-state index contributed by atoms with van der Waals surface area (Å²) in [5, 5.41) is -0.236. The maximum atomic E-state index is 14.8. The molecule has 2 aromatic carbocycles. The first kappa shape index (κ1) is 48.1. The van der Waals surface area contributed by atoms with Crippen LogP contribution in [0.1, 0.15) is 37.1 Å². The smallest absolute Gasteiger partial charge is 0.344 e. The van der Waals surface area contributed by atoms with E-state index in [1.54, 1.807) is 26.0 Å². The molecule has 4 aromatic heterocycles. The topological polar surface area (TPSA) is 203 Å². The molecule has 0 atom stereocenters. The Balaban J connectivity index is 0.000000220. The first-order chi connectivity index (χ1) is 31.5. The quantitative estimate of drug-likeness (QED) is 0.121. The van der Waals surface area contributed by atoms with Gasteiger partial charge >= 0.3 is 23.3 Å². The minimum Gasteiger partial charge on any atom is -0.466 e. The number of pyridine rings is 2. The zero-order chi connectivity index (χ0) is 47.8. The highest BCUT2D eigenvalue weighted by Crippen LogP contribution is 2.37. The highest BCUT2D eigenvalue weighted by molar-refractivity contribution is 6.32. The number of aromatic nitrogens is 6. The van der Waals surface area contributed by atoms with Gasteiger partial charge in [-0.25, -0.2) is 47.1 Å². The Bertz CT molecular complexity index is 3060. The van der Waals surface area contributed by atoms with Gasteiger partial charge < -0.3 is 37.6 Å². The predicted octanol–water partition coefficient (Wildman–Crippen LogP) is 6.07. The SMILES string of the molecule is COC(=O)COc1ncccc1Oc1cc(-n2c(=O)cc(C)n(C)c2=O)c(F)cc1Cl.Cc1cc(=O)n(-c2cc(Oc3cccnc3OCC(=O)OC3CCCC3)c(Cl)cc2F)c(=O)n1C. The third-order valence-electron chi connectivity index (χ3n) is 10.00. The predicted molar refractivity (Wildman–Crippen MR) is 234 cm³/mol. The lowest BCUT2D eigenvalue weighted by atomic mass is 10.2. The third kappa shape index (κ3) is 11.1. The molecule has 1 saturated carbocycles. The number of aryl methyl sites for hydroxylation is 2. The minimum atomic E-state index is -0.895. The van der Waals surface area contributed by atoms with Crippen molar-refractivity contribution in [2.45, 2.75) is 45.6 Å². The fraction of sp³-hybridized carbons (Fsp3) is 0.273. The normalized spacial score (nSPS) is 12.2. The maximum Gasteiger partial charge on any atom is 0.344 e. The molecule has 0 saturated heterocycles. The second kappa shape index (κ2) is 21.1. The van der Waals surface area contributed by atoms with Crippen molar-refractivity contribution in [3.63, 3.8) is 0 Å². The van der Waals surface area contributed by atoms with E-state index in [-0.39, 0.29) is 68.9 Å². The van der Waals surface area contributed by atoms with Gasteiger partial charge in [-0.1, -0.05) is 23.2 Å². The molecule has 18 nitrogen and oxygen atoms in total. The molecule has 7 rings (SSSR count).